The van der Waals surface area contributed by atoms with Gasteiger partial charge in [-0.1, -0.05) is 0 Å². The molecule has 0 aromatic heterocycles. The number of amides is 2. The first-order chi connectivity index (χ1) is 12.3. The van der Waals surface area contributed by atoms with Crippen molar-refractivity contribution in [2.75, 3.05) is 13.1 Å². The Bertz CT molecular complexity index is 810. The molecule has 0 aliphatic carbocycles. The van der Waals surface area contributed by atoms with E-state index in [4.69, 9.17) is 10.7 Å². The van der Waals surface area contributed by atoms with Crippen molar-refractivity contribution in [1.82, 2.24) is 10.2 Å². The summed E-state index contributed by atoms with van der Waals surface area (Å²) < 4.78 is 14.0. The highest BCUT2D eigenvalue weighted by Gasteiger charge is 2.29. The molecule has 136 valence electrons. The van der Waals surface area contributed by atoms with E-state index in [0.29, 0.717) is 25.9 Å². The van der Waals surface area contributed by atoms with Gasteiger partial charge in [0.2, 0.25) is 0 Å². The fourth-order valence-electron chi connectivity index (χ4n) is 2.73. The highest BCUT2D eigenvalue weighted by molar-refractivity contribution is 7.77. The topological polar surface area (TPSA) is 109 Å². The fourth-order valence-corrected chi connectivity index (χ4v) is 3.00. The normalized spacial score (nSPS) is 15.3. The molecule has 9 heteroatoms. The average molecular weight is 376 g/mol. The number of likely N-dealkylation sites (tertiary alicyclic amines) is 1. The zero-order valence-corrected chi connectivity index (χ0v) is 15.2. The maximum atomic E-state index is 14.0. The number of nitriles is 1. The van der Waals surface area contributed by atoms with Gasteiger partial charge in [-0.05, 0) is 38.0 Å². The number of hydrogen-bond acceptors (Lipinski definition) is 4. The van der Waals surface area contributed by atoms with E-state index in [1.54, 1.807) is 0 Å². The highest BCUT2D eigenvalue weighted by atomic mass is 32.1. The Hall–Kier alpha value is -2.73. The Kier molecular flexibility index (Phi) is 6.46. The number of halogens is 1. The van der Waals surface area contributed by atoms with Gasteiger partial charge in [0.05, 0.1) is 17.2 Å². The van der Waals surface area contributed by atoms with Gasteiger partial charge >= 0.3 is 11.2 Å². The van der Waals surface area contributed by atoms with E-state index < -0.39 is 5.82 Å². The molecule has 26 heavy (non-hydrogen) atoms. The number of nitrogens with one attached hydrogen (secondary N) is 2. The van der Waals surface area contributed by atoms with Crippen LogP contribution in [0.1, 0.15) is 35.7 Å². The summed E-state index contributed by atoms with van der Waals surface area (Å²) >= 11 is 3.12. The molecule has 0 unspecified atom stereocenters. The zero-order chi connectivity index (χ0) is 19.3. The third kappa shape index (κ3) is 4.89. The van der Waals surface area contributed by atoms with Gasteiger partial charge in [-0.3, -0.25) is 15.5 Å². The van der Waals surface area contributed by atoms with Gasteiger partial charge < -0.3 is 4.90 Å². The fraction of sp³-hybridized carbons (Fsp3) is 0.353. The molecular formula is C17H19FN5O2S+. The molecule has 7 nitrogen and oxygen atoms in total. The van der Waals surface area contributed by atoms with Crippen LogP contribution in [0.4, 0.5) is 9.18 Å². The smallest absolute Gasteiger partial charge is 0.324 e. The van der Waals surface area contributed by atoms with Crippen molar-refractivity contribution in [2.24, 2.45) is 10.9 Å². The predicted molar refractivity (Wildman–Crippen MR) is 99.3 cm³/mol. The molecule has 0 saturated carbocycles. The van der Waals surface area contributed by atoms with Crippen LogP contribution in [0.3, 0.4) is 0 Å². The lowest BCUT2D eigenvalue weighted by atomic mass is 9.88. The number of nitrogens with zero attached hydrogens (tertiary/aromatic N) is 3. The van der Waals surface area contributed by atoms with Crippen LogP contribution in [0.2, 0.25) is 0 Å². The lowest BCUT2D eigenvalue weighted by molar-refractivity contribution is 0.0852. The first kappa shape index (κ1) is 19.6. The van der Waals surface area contributed by atoms with Crippen molar-refractivity contribution in [1.29, 1.82) is 10.7 Å². The second-order valence-corrected chi connectivity index (χ2v) is 6.38. The van der Waals surface area contributed by atoms with Crippen molar-refractivity contribution in [3.8, 4) is 6.07 Å². The van der Waals surface area contributed by atoms with Crippen molar-refractivity contribution in [3.63, 3.8) is 0 Å². The summed E-state index contributed by atoms with van der Waals surface area (Å²) in [5.41, 5.74) is 0.140. The van der Waals surface area contributed by atoms with Gasteiger partial charge in [0.15, 0.2) is 5.78 Å². The van der Waals surface area contributed by atoms with Gasteiger partial charge in [-0.2, -0.15) is 10.3 Å². The molecule has 1 aliphatic heterocycles. The lowest BCUT2D eigenvalue weighted by Gasteiger charge is -2.30. The molecule has 0 atom stereocenters. The van der Waals surface area contributed by atoms with Crippen LogP contribution in [0.25, 0.3) is 0 Å². The number of amidine groups is 2. The predicted octanol–water partition coefficient (Wildman–Crippen LogP) is 1.67. The molecule has 2 rings (SSSR count). The standard InChI is InChI=1S/C17H18FN5O2S/c1-10(20)21-16(26)22-17(25)23-6-4-12(5-7-23)15(24)13-3-2-11(9-19)8-14(13)18/h2-3,8,12H,4-7H2,1H3,(H3,20,21,22,25,26)/p+1. The number of benzene rings is 1. The minimum absolute atomic E-state index is 0.0251. The third-order valence-corrected chi connectivity index (χ3v) is 4.26. The minimum atomic E-state index is -0.698. The van der Waals surface area contributed by atoms with Crippen LogP contribution in [-0.2, 0) is 12.6 Å². The number of rotatable bonds is 2. The Balaban J connectivity index is 1.96. The number of carbonyl (C=O) groups excluding carboxylic acids is 2. The minimum Gasteiger partial charge on any atom is -0.324 e. The van der Waals surface area contributed by atoms with E-state index in [0.717, 1.165) is 6.07 Å². The molecule has 0 bridgehead atoms. The van der Waals surface area contributed by atoms with Crippen molar-refractivity contribution in [2.45, 2.75) is 19.8 Å². The molecule has 1 heterocycles. The number of carbonyl (C=O) groups is 2. The van der Waals surface area contributed by atoms with Crippen molar-refractivity contribution in [3.05, 3.63) is 35.1 Å². The van der Waals surface area contributed by atoms with E-state index in [9.17, 15) is 14.0 Å². The van der Waals surface area contributed by atoms with E-state index in [1.807, 2.05) is 6.07 Å². The van der Waals surface area contributed by atoms with Crippen LogP contribution < -0.4 is 5.32 Å². The molecule has 2 amide bonds. The Morgan fingerprint density at radius 1 is 1.42 bits per heavy atom. The van der Waals surface area contributed by atoms with Crippen LogP contribution in [0.5, 0.6) is 0 Å². The Labute approximate surface area is 155 Å². The van der Waals surface area contributed by atoms with Crippen LogP contribution in [0, 0.1) is 28.5 Å². The Morgan fingerprint density at radius 3 is 2.62 bits per heavy atom. The van der Waals surface area contributed by atoms with Gasteiger partial charge in [0.25, 0.3) is 0 Å². The maximum Gasteiger partial charge on any atom is 0.326 e. The highest BCUT2D eigenvalue weighted by Crippen LogP contribution is 2.23. The third-order valence-electron chi connectivity index (χ3n) is 4.02. The average Bonchev–Trinajstić information content (AvgIpc) is 2.60. The molecular weight excluding hydrogens is 357 g/mol. The molecule has 1 aromatic rings. The summed E-state index contributed by atoms with van der Waals surface area (Å²) in [5.74, 6) is -1.34. The first-order valence-corrected chi connectivity index (χ1v) is 8.47. The lowest BCUT2D eigenvalue weighted by Crippen LogP contribution is -2.47. The largest absolute Gasteiger partial charge is 0.326 e. The molecule has 0 spiro atoms. The molecule has 1 aromatic carbocycles. The number of piperidine rings is 1. The molecule has 0 radical (unpaired) electrons. The monoisotopic (exact) mass is 376 g/mol. The van der Waals surface area contributed by atoms with Crippen molar-refractivity contribution >= 4 is 35.4 Å². The van der Waals surface area contributed by atoms with E-state index in [2.05, 4.69) is 22.9 Å². The molecule has 2 N–H and O–H groups in total. The van der Waals surface area contributed by atoms with Gasteiger partial charge in [-0.15, -0.1) is 0 Å². The number of ketones is 1. The molecule has 1 fully saturated rings. The van der Waals surface area contributed by atoms with Crippen LogP contribution >= 0.6 is 0 Å². The number of urea groups is 1. The number of aliphatic imine (C=N–C) groups is 1. The molecule has 1 aliphatic rings. The van der Waals surface area contributed by atoms with Gasteiger partial charge in [0, 0.05) is 31.6 Å². The number of Topliss-reactive ketones (excluding diaryl/α,β-unsaturated/α-hetero) is 1. The summed E-state index contributed by atoms with van der Waals surface area (Å²) in [6.07, 6.45) is 0.840. The van der Waals surface area contributed by atoms with E-state index in [1.165, 1.54) is 24.0 Å². The Morgan fingerprint density at radius 2 is 2.08 bits per heavy atom. The van der Waals surface area contributed by atoms with Crippen LogP contribution in [0.15, 0.2) is 23.2 Å². The zero-order valence-electron chi connectivity index (χ0n) is 14.2. The second kappa shape index (κ2) is 8.58. The van der Waals surface area contributed by atoms with E-state index in [-0.39, 0.29) is 39.9 Å². The maximum absolute atomic E-state index is 14.0. The van der Waals surface area contributed by atoms with Gasteiger partial charge in [-0.25, -0.2) is 9.18 Å². The summed E-state index contributed by atoms with van der Waals surface area (Å²) in [5, 5.41) is 18.7. The summed E-state index contributed by atoms with van der Waals surface area (Å²) in [7, 11) is 0. The summed E-state index contributed by atoms with van der Waals surface area (Å²) in [6.45, 7) is 2.18. The SMILES string of the molecule is CC(=N)N=C([SH2+])NC(=O)N1CCC(C(=O)c2ccc(C#N)cc2F)CC1. The second-order valence-electron chi connectivity index (χ2n) is 5.91. The summed E-state index contributed by atoms with van der Waals surface area (Å²) in [4.78, 5) is 29.9. The summed E-state index contributed by atoms with van der Waals surface area (Å²) in [6, 6.07) is 5.26. The quantitative estimate of drug-likeness (QED) is 0.354. The van der Waals surface area contributed by atoms with E-state index >= 15 is 0 Å². The molecule has 1 saturated heterocycles. The number of hydrogen-bond donors (Lipinski definition) is 2. The van der Waals surface area contributed by atoms with Crippen LogP contribution in [-0.4, -0.2) is 40.8 Å². The van der Waals surface area contributed by atoms with Crippen molar-refractivity contribution < 1.29 is 14.0 Å². The van der Waals surface area contributed by atoms with Gasteiger partial charge in [0.1, 0.15) is 11.7 Å². The first-order valence-electron chi connectivity index (χ1n) is 7.97.